The maximum atomic E-state index is 11.5. The molecule has 0 unspecified atom stereocenters. The summed E-state index contributed by atoms with van der Waals surface area (Å²) in [7, 11) is -1.84. The van der Waals surface area contributed by atoms with Crippen molar-refractivity contribution in [2.75, 3.05) is 0 Å². The quantitative estimate of drug-likeness (QED) is 0.205. The predicted octanol–water partition coefficient (Wildman–Crippen LogP) is 7.70. The van der Waals surface area contributed by atoms with Gasteiger partial charge < -0.3 is 9.53 Å². The van der Waals surface area contributed by atoms with E-state index in [1.807, 2.05) is 0 Å². The first-order valence-corrected chi connectivity index (χ1v) is 16.6. The highest BCUT2D eigenvalue weighted by Gasteiger charge is 2.42. The third-order valence-corrected chi connectivity index (χ3v) is 14.0. The summed E-state index contributed by atoms with van der Waals surface area (Å²) in [5.41, 5.74) is 2.72. The van der Waals surface area contributed by atoms with Crippen molar-refractivity contribution in [3.05, 3.63) is 23.3 Å². The van der Waals surface area contributed by atoms with Crippen LogP contribution in [0.15, 0.2) is 23.3 Å². The molecule has 3 fully saturated rings. The fraction of sp³-hybridized carbons (Fsp3) is 0.793. The molecule has 0 spiro atoms. The molecule has 0 aromatic heterocycles. The van der Waals surface area contributed by atoms with Crippen LogP contribution in [0.5, 0.6) is 0 Å². The number of fused-ring (bicyclic) bond motifs is 1. The molecule has 34 heavy (non-hydrogen) atoms. The Morgan fingerprint density at radius 1 is 1.06 bits per heavy atom. The Morgan fingerprint density at radius 2 is 1.74 bits per heavy atom. The zero-order valence-corrected chi connectivity index (χ0v) is 23.5. The number of carboxylic acid groups (broad SMARTS) is 1. The molecule has 0 heterocycles. The molecule has 0 aromatic carbocycles. The molecule has 3 rings (SSSR count). The molecule has 192 valence electrons. The van der Waals surface area contributed by atoms with Crippen LogP contribution < -0.4 is 0 Å². The number of hydrogen-bond acceptors (Lipinski definition) is 3. The summed E-state index contributed by atoms with van der Waals surface area (Å²) in [5.74, 6) is 0.725. The number of aliphatic carboxylic acids is 1. The summed E-state index contributed by atoms with van der Waals surface area (Å²) in [6.45, 7) is 13.9. The first-order valence-electron chi connectivity index (χ1n) is 13.7. The van der Waals surface area contributed by atoms with Gasteiger partial charge in [0, 0.05) is 6.42 Å². The highest BCUT2D eigenvalue weighted by Crippen LogP contribution is 2.51. The molecule has 3 aliphatic rings. The van der Waals surface area contributed by atoms with Gasteiger partial charge in [0.15, 0.2) is 8.32 Å². The molecule has 4 nitrogen and oxygen atoms in total. The van der Waals surface area contributed by atoms with Gasteiger partial charge in [0.1, 0.15) is 0 Å². The molecule has 4 atom stereocenters. The van der Waals surface area contributed by atoms with Gasteiger partial charge in [-0.05, 0) is 93.7 Å². The third-order valence-electron chi connectivity index (χ3n) is 9.49. The minimum atomic E-state index is -1.84. The summed E-state index contributed by atoms with van der Waals surface area (Å²) < 4.78 is 7.01. The van der Waals surface area contributed by atoms with Gasteiger partial charge in [-0.3, -0.25) is 4.79 Å². The van der Waals surface area contributed by atoms with Crippen molar-refractivity contribution in [2.24, 2.45) is 23.7 Å². The Morgan fingerprint density at radius 3 is 2.35 bits per heavy atom. The standard InChI is InChI=1S/C29H48O4Si/c1-20(12-16-26(30)28(31)32)24-18-23-14-13-21(25(23)19-24)15-17-27(22-10-8-7-9-11-22)33-34(5,6)29(2,3)4/h15,17,21-23,25,27H,7-14,16,18-19H2,1-6H3,(H,31,32)/b17-15+,24-20?/t21-,23+,25-,27+/m1/s1. The van der Waals surface area contributed by atoms with Crippen LogP contribution in [0.25, 0.3) is 0 Å². The van der Waals surface area contributed by atoms with E-state index in [1.54, 1.807) is 0 Å². The summed E-state index contributed by atoms with van der Waals surface area (Å²) >= 11 is 0. The van der Waals surface area contributed by atoms with Gasteiger partial charge in [-0.25, -0.2) is 4.79 Å². The number of allylic oxidation sites excluding steroid dienone is 3. The molecule has 0 bridgehead atoms. The van der Waals surface area contributed by atoms with Gasteiger partial charge in [0.25, 0.3) is 0 Å². The SMILES string of the molecule is CC(CCC(=O)C(=O)O)=C1C[C@@H]2CC[C@H](/C=C/[C@H](O[Si](C)(C)C(C)(C)C)C3CCCCC3)[C@H]2C1. The van der Waals surface area contributed by atoms with Crippen LogP contribution in [0.1, 0.15) is 98.3 Å². The van der Waals surface area contributed by atoms with Crippen LogP contribution in [-0.2, 0) is 14.0 Å². The van der Waals surface area contributed by atoms with Crippen LogP contribution in [0, 0.1) is 23.7 Å². The monoisotopic (exact) mass is 488 g/mol. The first-order chi connectivity index (χ1) is 15.9. The lowest BCUT2D eigenvalue weighted by atomic mass is 9.84. The molecule has 0 amide bonds. The highest BCUT2D eigenvalue weighted by atomic mass is 28.4. The number of rotatable bonds is 9. The maximum absolute atomic E-state index is 11.5. The molecule has 1 N–H and O–H groups in total. The van der Waals surface area contributed by atoms with E-state index in [2.05, 4.69) is 52.9 Å². The number of Topliss-reactive ketones (excluding diaryl/α,β-unsaturated/α-hetero) is 1. The largest absolute Gasteiger partial charge is 0.476 e. The Hall–Kier alpha value is -1.20. The number of carbonyl (C=O) groups excluding carboxylic acids is 1. The van der Waals surface area contributed by atoms with Crippen molar-refractivity contribution in [3.63, 3.8) is 0 Å². The molecule has 0 saturated heterocycles. The van der Waals surface area contributed by atoms with Crippen LogP contribution >= 0.6 is 0 Å². The second-order valence-electron chi connectivity index (χ2n) is 12.8. The number of carboxylic acids is 1. The van der Waals surface area contributed by atoms with Crippen molar-refractivity contribution in [2.45, 2.75) is 123 Å². The summed E-state index contributed by atoms with van der Waals surface area (Å²) in [6, 6.07) is 0. The molecule has 0 aromatic rings. The van der Waals surface area contributed by atoms with Gasteiger partial charge in [0.2, 0.25) is 5.78 Å². The zero-order chi connectivity index (χ0) is 25.1. The zero-order valence-electron chi connectivity index (χ0n) is 22.5. The first kappa shape index (κ1) is 27.4. The summed E-state index contributed by atoms with van der Waals surface area (Å²) in [4.78, 5) is 22.3. The van der Waals surface area contributed by atoms with Crippen molar-refractivity contribution in [3.8, 4) is 0 Å². The third kappa shape index (κ3) is 6.72. The van der Waals surface area contributed by atoms with E-state index >= 15 is 0 Å². The number of ketones is 1. The van der Waals surface area contributed by atoms with Crippen LogP contribution in [0.2, 0.25) is 18.1 Å². The van der Waals surface area contributed by atoms with Crippen molar-refractivity contribution < 1.29 is 19.1 Å². The van der Waals surface area contributed by atoms with E-state index in [0.717, 1.165) is 18.8 Å². The fourth-order valence-electron chi connectivity index (χ4n) is 6.14. The van der Waals surface area contributed by atoms with Gasteiger partial charge >= 0.3 is 5.97 Å². The van der Waals surface area contributed by atoms with E-state index in [9.17, 15) is 9.59 Å². The average molecular weight is 489 g/mol. The minimum Gasteiger partial charge on any atom is -0.476 e. The summed E-state index contributed by atoms with van der Waals surface area (Å²) in [6.07, 6.45) is 17.4. The highest BCUT2D eigenvalue weighted by molar-refractivity contribution is 6.74. The van der Waals surface area contributed by atoms with E-state index in [4.69, 9.17) is 9.53 Å². The van der Waals surface area contributed by atoms with Crippen LogP contribution in [0.4, 0.5) is 0 Å². The van der Waals surface area contributed by atoms with Crippen molar-refractivity contribution >= 4 is 20.1 Å². The lowest BCUT2D eigenvalue weighted by molar-refractivity contribution is -0.149. The van der Waals surface area contributed by atoms with Gasteiger partial charge in [-0.1, -0.05) is 63.3 Å². The van der Waals surface area contributed by atoms with E-state index in [0.29, 0.717) is 24.2 Å². The Kier molecular flexibility index (Phi) is 9.05. The van der Waals surface area contributed by atoms with Gasteiger partial charge in [0.05, 0.1) is 6.10 Å². The van der Waals surface area contributed by atoms with Crippen molar-refractivity contribution in [1.82, 2.24) is 0 Å². The molecule has 0 aliphatic heterocycles. The lowest BCUT2D eigenvalue weighted by Gasteiger charge is -2.41. The van der Waals surface area contributed by atoms with Crippen LogP contribution in [0.3, 0.4) is 0 Å². The second-order valence-corrected chi connectivity index (χ2v) is 17.6. The lowest BCUT2D eigenvalue weighted by Crippen LogP contribution is -2.45. The topological polar surface area (TPSA) is 63.6 Å². The van der Waals surface area contributed by atoms with E-state index in [1.165, 1.54) is 56.1 Å². The maximum Gasteiger partial charge on any atom is 0.372 e. The van der Waals surface area contributed by atoms with E-state index in [-0.39, 0.29) is 17.6 Å². The number of hydrogen-bond donors (Lipinski definition) is 1. The minimum absolute atomic E-state index is 0.122. The van der Waals surface area contributed by atoms with E-state index < -0.39 is 20.1 Å². The van der Waals surface area contributed by atoms with Crippen LogP contribution in [-0.4, -0.2) is 31.3 Å². The molecule has 5 heteroatoms. The molecule has 3 aliphatic carbocycles. The predicted molar refractivity (Wildman–Crippen MR) is 141 cm³/mol. The normalized spacial score (nSPS) is 28.8. The number of carbonyl (C=O) groups is 2. The molecule has 3 saturated carbocycles. The van der Waals surface area contributed by atoms with Gasteiger partial charge in [-0.15, -0.1) is 0 Å². The Labute approximate surface area is 208 Å². The van der Waals surface area contributed by atoms with Crippen molar-refractivity contribution in [1.29, 1.82) is 0 Å². The molecular weight excluding hydrogens is 440 g/mol. The molecular formula is C29H48O4Si. The van der Waals surface area contributed by atoms with Gasteiger partial charge in [-0.2, -0.15) is 0 Å². The Balaban J connectivity index is 1.68. The fourth-order valence-corrected chi connectivity index (χ4v) is 7.44. The average Bonchev–Trinajstić information content (AvgIpc) is 3.35. The summed E-state index contributed by atoms with van der Waals surface area (Å²) in [5, 5.41) is 9.08. The second kappa shape index (κ2) is 11.2. The smallest absolute Gasteiger partial charge is 0.372 e. The Bertz CT molecular complexity index is 797. The molecule has 0 radical (unpaired) electrons.